The van der Waals surface area contributed by atoms with E-state index in [0.29, 0.717) is 19.7 Å². The molecule has 0 aromatic rings. The molecule has 1 aliphatic rings. The summed E-state index contributed by atoms with van der Waals surface area (Å²) in [4.78, 5) is 16.9. The minimum atomic E-state index is -0.240. The Morgan fingerprint density at radius 1 is 1.00 bits per heavy atom. The van der Waals surface area contributed by atoms with Crippen molar-refractivity contribution in [3.63, 3.8) is 0 Å². The molecule has 112 valence electrons. The predicted octanol–water partition coefficient (Wildman–Crippen LogP) is -1.43. The molecule has 0 bridgehead atoms. The summed E-state index contributed by atoms with van der Waals surface area (Å²) in [6.07, 6.45) is 0.289. The fourth-order valence-electron chi connectivity index (χ4n) is 1.71. The molecule has 3 N–H and O–H groups in total. The molecule has 0 radical (unpaired) electrons. The first-order valence-electron chi connectivity index (χ1n) is 6.90. The van der Waals surface area contributed by atoms with Crippen LogP contribution in [0.3, 0.4) is 0 Å². The molecule has 7 nitrogen and oxygen atoms in total. The number of methoxy groups -OCH3 is 1. The first-order valence-corrected chi connectivity index (χ1v) is 6.90. The maximum absolute atomic E-state index is 11.6. The molecule has 7 heteroatoms. The zero-order chi connectivity index (χ0) is 13.8. The van der Waals surface area contributed by atoms with Crippen molar-refractivity contribution in [3.8, 4) is 0 Å². The molecule has 1 fully saturated rings. The highest BCUT2D eigenvalue weighted by molar-refractivity contribution is 5.69. The van der Waals surface area contributed by atoms with Crippen molar-refractivity contribution < 1.29 is 14.4 Å². The Labute approximate surface area is 114 Å². The van der Waals surface area contributed by atoms with Crippen LogP contribution >= 0.6 is 0 Å². The first kappa shape index (κ1) is 16.3. The van der Waals surface area contributed by atoms with Gasteiger partial charge in [-0.05, 0) is 0 Å². The molecule has 0 unspecified atom stereocenters. The van der Waals surface area contributed by atoms with Crippen LogP contribution in [0.1, 0.15) is 6.42 Å². The highest BCUT2D eigenvalue weighted by Crippen LogP contribution is 1.94. The van der Waals surface area contributed by atoms with E-state index in [1.807, 2.05) is 0 Å². The Kier molecular flexibility index (Phi) is 9.56. The van der Waals surface area contributed by atoms with Gasteiger partial charge in [0.15, 0.2) is 0 Å². The van der Waals surface area contributed by atoms with Crippen molar-refractivity contribution in [1.82, 2.24) is 21.0 Å². The zero-order valence-electron chi connectivity index (χ0n) is 11.7. The maximum Gasteiger partial charge on any atom is 0.327 e. The lowest BCUT2D eigenvalue weighted by molar-refractivity contribution is -0.191. The first-order chi connectivity index (χ1) is 9.33. The lowest BCUT2D eigenvalue weighted by Gasteiger charge is -2.22. The second kappa shape index (κ2) is 11.1. The SMILES string of the molecule is COCCC(=O)ON1CCNCCNCCNCC1. The summed E-state index contributed by atoms with van der Waals surface area (Å²) in [5, 5.41) is 11.7. The molecule has 0 aromatic carbocycles. The monoisotopic (exact) mass is 274 g/mol. The van der Waals surface area contributed by atoms with Gasteiger partial charge in [0.05, 0.1) is 13.0 Å². The van der Waals surface area contributed by atoms with Crippen LogP contribution in [0, 0.1) is 0 Å². The van der Waals surface area contributed by atoms with Gasteiger partial charge < -0.3 is 25.5 Å². The Morgan fingerprint density at radius 3 is 2.05 bits per heavy atom. The summed E-state index contributed by atoms with van der Waals surface area (Å²) in [7, 11) is 1.57. The van der Waals surface area contributed by atoms with Gasteiger partial charge in [-0.25, -0.2) is 0 Å². The summed E-state index contributed by atoms with van der Waals surface area (Å²) in [5.74, 6) is -0.240. The summed E-state index contributed by atoms with van der Waals surface area (Å²) >= 11 is 0. The summed E-state index contributed by atoms with van der Waals surface area (Å²) in [5.41, 5.74) is 0. The minimum Gasteiger partial charge on any atom is -0.384 e. The molecule has 0 amide bonds. The Hall–Kier alpha value is -0.730. The summed E-state index contributed by atoms with van der Waals surface area (Å²) in [6.45, 7) is 7.15. The smallest absolute Gasteiger partial charge is 0.327 e. The van der Waals surface area contributed by atoms with Gasteiger partial charge in [-0.1, -0.05) is 0 Å². The average Bonchev–Trinajstić information content (AvgIpc) is 2.39. The van der Waals surface area contributed by atoms with Gasteiger partial charge in [-0.2, -0.15) is 0 Å². The maximum atomic E-state index is 11.6. The lowest BCUT2D eigenvalue weighted by atomic mass is 10.4. The van der Waals surface area contributed by atoms with E-state index in [1.54, 1.807) is 12.2 Å². The van der Waals surface area contributed by atoms with Crippen LogP contribution < -0.4 is 16.0 Å². The molecule has 1 saturated heterocycles. The highest BCUT2D eigenvalue weighted by Gasteiger charge is 2.11. The fourth-order valence-corrected chi connectivity index (χ4v) is 1.71. The number of hydrogen-bond donors (Lipinski definition) is 3. The Bertz CT molecular complexity index is 229. The van der Waals surface area contributed by atoms with E-state index in [9.17, 15) is 4.79 Å². The minimum absolute atomic E-state index is 0.240. The topological polar surface area (TPSA) is 74.9 Å². The van der Waals surface area contributed by atoms with E-state index in [1.165, 1.54) is 0 Å². The number of hydrogen-bond acceptors (Lipinski definition) is 7. The fraction of sp³-hybridized carbons (Fsp3) is 0.917. The van der Waals surface area contributed by atoms with E-state index >= 15 is 0 Å². The van der Waals surface area contributed by atoms with Gasteiger partial charge in [0, 0.05) is 59.5 Å². The van der Waals surface area contributed by atoms with Crippen molar-refractivity contribution in [1.29, 1.82) is 0 Å². The van der Waals surface area contributed by atoms with E-state index in [-0.39, 0.29) is 12.4 Å². The molecule has 0 atom stereocenters. The van der Waals surface area contributed by atoms with E-state index in [4.69, 9.17) is 9.57 Å². The van der Waals surface area contributed by atoms with Crippen molar-refractivity contribution in [2.24, 2.45) is 0 Å². The molecule has 1 rings (SSSR count). The molecule has 1 heterocycles. The number of ether oxygens (including phenoxy) is 1. The van der Waals surface area contributed by atoms with Crippen LogP contribution in [-0.2, 0) is 14.4 Å². The third-order valence-corrected chi connectivity index (χ3v) is 2.77. The van der Waals surface area contributed by atoms with Crippen molar-refractivity contribution >= 4 is 5.97 Å². The number of carbonyl (C=O) groups is 1. The van der Waals surface area contributed by atoms with Gasteiger partial charge in [-0.15, -0.1) is 5.06 Å². The van der Waals surface area contributed by atoms with Gasteiger partial charge in [0.2, 0.25) is 0 Å². The third kappa shape index (κ3) is 8.90. The quantitative estimate of drug-likeness (QED) is 0.580. The van der Waals surface area contributed by atoms with E-state index in [2.05, 4.69) is 16.0 Å². The molecule has 0 aromatic heterocycles. The molecular weight excluding hydrogens is 248 g/mol. The molecule has 0 aliphatic carbocycles. The number of hydroxylamine groups is 2. The van der Waals surface area contributed by atoms with Crippen molar-refractivity contribution in [3.05, 3.63) is 0 Å². The standard InChI is InChI=1S/C12H26N4O3/c1-18-11-2-12(17)19-16-9-7-14-5-3-13-4-6-15-8-10-16/h13-15H,2-11H2,1H3. The molecular formula is C12H26N4O3. The highest BCUT2D eigenvalue weighted by atomic mass is 16.7. The second-order valence-corrected chi connectivity index (χ2v) is 4.39. The normalized spacial score (nSPS) is 20.3. The largest absolute Gasteiger partial charge is 0.384 e. The number of nitrogens with zero attached hydrogens (tertiary/aromatic N) is 1. The van der Waals surface area contributed by atoms with Gasteiger partial charge in [0.1, 0.15) is 0 Å². The van der Waals surface area contributed by atoms with E-state index in [0.717, 1.165) is 39.3 Å². The number of rotatable bonds is 4. The van der Waals surface area contributed by atoms with Crippen LogP contribution in [0.2, 0.25) is 0 Å². The average molecular weight is 274 g/mol. The van der Waals surface area contributed by atoms with Crippen LogP contribution in [0.4, 0.5) is 0 Å². The van der Waals surface area contributed by atoms with Crippen LogP contribution in [-0.4, -0.2) is 77.1 Å². The number of carbonyl (C=O) groups excluding carboxylic acids is 1. The summed E-state index contributed by atoms with van der Waals surface area (Å²) in [6, 6.07) is 0. The van der Waals surface area contributed by atoms with Crippen LogP contribution in [0.25, 0.3) is 0 Å². The number of nitrogens with one attached hydrogen (secondary N) is 3. The molecule has 19 heavy (non-hydrogen) atoms. The molecule has 0 spiro atoms. The van der Waals surface area contributed by atoms with Crippen LogP contribution in [0.5, 0.6) is 0 Å². The van der Waals surface area contributed by atoms with Gasteiger partial charge in [0.25, 0.3) is 0 Å². The second-order valence-electron chi connectivity index (χ2n) is 4.39. The zero-order valence-corrected chi connectivity index (χ0v) is 11.7. The summed E-state index contributed by atoms with van der Waals surface area (Å²) < 4.78 is 4.86. The Morgan fingerprint density at radius 2 is 1.53 bits per heavy atom. The van der Waals surface area contributed by atoms with Crippen LogP contribution in [0.15, 0.2) is 0 Å². The van der Waals surface area contributed by atoms with Crippen molar-refractivity contribution in [2.75, 3.05) is 66.1 Å². The third-order valence-electron chi connectivity index (χ3n) is 2.77. The molecule has 0 saturated carbocycles. The molecule has 1 aliphatic heterocycles. The van der Waals surface area contributed by atoms with Crippen molar-refractivity contribution in [2.45, 2.75) is 6.42 Å². The van der Waals surface area contributed by atoms with Gasteiger partial charge in [-0.3, -0.25) is 4.79 Å². The van der Waals surface area contributed by atoms with E-state index < -0.39 is 0 Å². The lowest BCUT2D eigenvalue weighted by Crippen LogP contribution is -2.42. The van der Waals surface area contributed by atoms with Gasteiger partial charge >= 0.3 is 5.97 Å². The Balaban J connectivity index is 2.27. The predicted molar refractivity (Wildman–Crippen MR) is 72.8 cm³/mol.